The van der Waals surface area contributed by atoms with Gasteiger partial charge in [0.1, 0.15) is 0 Å². The molecular weight excluding hydrogens is 198 g/mol. The summed E-state index contributed by atoms with van der Waals surface area (Å²) in [5.74, 6) is -2.16. The number of Topliss-reactive ketones (excluding diaryl/α,β-unsaturated/α-hetero) is 1. The number of hydrogen-bond acceptors (Lipinski definition) is 5. The van der Waals surface area contributed by atoms with Gasteiger partial charge in [-0.1, -0.05) is 0 Å². The van der Waals surface area contributed by atoms with E-state index >= 15 is 0 Å². The minimum Gasteiger partial charge on any atom is -0.378 e. The minimum absolute atomic E-state index is 0.180. The number of ketones is 1. The van der Waals surface area contributed by atoms with Gasteiger partial charge >= 0.3 is 5.97 Å². The molecule has 1 rings (SSSR count). The summed E-state index contributed by atoms with van der Waals surface area (Å²) >= 11 is 0. The lowest BCUT2D eigenvalue weighted by Gasteiger charge is -2.11. The SMILES string of the molecule is CN(C)c1ccc(C(=O)C(=O)OO)cc1. The van der Waals surface area contributed by atoms with E-state index in [1.165, 1.54) is 12.1 Å². The molecule has 0 aliphatic heterocycles. The summed E-state index contributed by atoms with van der Waals surface area (Å²) in [4.78, 5) is 27.1. The van der Waals surface area contributed by atoms with E-state index in [-0.39, 0.29) is 5.56 Å². The van der Waals surface area contributed by atoms with Gasteiger partial charge in [0.15, 0.2) is 0 Å². The molecule has 0 spiro atoms. The Bertz CT molecular complexity index is 370. The molecule has 0 amide bonds. The van der Waals surface area contributed by atoms with Gasteiger partial charge in [-0.15, -0.1) is 0 Å². The van der Waals surface area contributed by atoms with Crippen LogP contribution in [0.3, 0.4) is 0 Å². The van der Waals surface area contributed by atoms with E-state index in [1.807, 2.05) is 19.0 Å². The van der Waals surface area contributed by atoms with Crippen LogP contribution in [0.1, 0.15) is 10.4 Å². The van der Waals surface area contributed by atoms with Crippen molar-refractivity contribution in [2.24, 2.45) is 0 Å². The molecule has 0 aliphatic carbocycles. The van der Waals surface area contributed by atoms with Crippen LogP contribution in [0.25, 0.3) is 0 Å². The lowest BCUT2D eigenvalue weighted by atomic mass is 10.1. The van der Waals surface area contributed by atoms with E-state index in [0.717, 1.165) is 5.69 Å². The first-order valence-corrected chi connectivity index (χ1v) is 4.23. The largest absolute Gasteiger partial charge is 0.412 e. The number of rotatable bonds is 3. The third kappa shape index (κ3) is 2.54. The summed E-state index contributed by atoms with van der Waals surface area (Å²) in [7, 11) is 3.72. The number of carbonyl (C=O) groups excluding carboxylic acids is 2. The van der Waals surface area contributed by atoms with Gasteiger partial charge in [-0.2, -0.15) is 5.26 Å². The quantitative estimate of drug-likeness (QED) is 0.347. The van der Waals surface area contributed by atoms with Gasteiger partial charge in [0.25, 0.3) is 5.78 Å². The van der Waals surface area contributed by atoms with Crippen LogP contribution in [0.5, 0.6) is 0 Å². The molecule has 0 atom stereocenters. The molecule has 1 aromatic carbocycles. The van der Waals surface area contributed by atoms with Crippen molar-refractivity contribution in [1.82, 2.24) is 0 Å². The topological polar surface area (TPSA) is 66.8 Å². The maximum absolute atomic E-state index is 11.2. The highest BCUT2D eigenvalue weighted by molar-refractivity contribution is 6.40. The number of benzene rings is 1. The predicted molar refractivity (Wildman–Crippen MR) is 53.8 cm³/mol. The Morgan fingerprint density at radius 1 is 1.20 bits per heavy atom. The van der Waals surface area contributed by atoms with Crippen molar-refractivity contribution in [3.63, 3.8) is 0 Å². The molecule has 80 valence electrons. The molecule has 0 saturated carbocycles. The fourth-order valence-electron chi connectivity index (χ4n) is 1.07. The number of hydrogen-bond donors (Lipinski definition) is 1. The summed E-state index contributed by atoms with van der Waals surface area (Å²) in [6.07, 6.45) is 0. The van der Waals surface area contributed by atoms with Crippen molar-refractivity contribution < 1.29 is 19.7 Å². The summed E-state index contributed by atoms with van der Waals surface area (Å²) in [6, 6.07) is 6.37. The summed E-state index contributed by atoms with van der Waals surface area (Å²) in [6.45, 7) is 0. The van der Waals surface area contributed by atoms with Crippen molar-refractivity contribution in [3.05, 3.63) is 29.8 Å². The number of anilines is 1. The molecule has 0 unspecified atom stereocenters. The zero-order valence-corrected chi connectivity index (χ0v) is 8.43. The first-order valence-electron chi connectivity index (χ1n) is 4.23. The van der Waals surface area contributed by atoms with Crippen molar-refractivity contribution >= 4 is 17.4 Å². The Morgan fingerprint density at radius 2 is 1.73 bits per heavy atom. The van der Waals surface area contributed by atoms with Gasteiger partial charge < -0.3 is 4.90 Å². The third-order valence-corrected chi connectivity index (χ3v) is 1.91. The molecular formula is C10H11NO4. The summed E-state index contributed by atoms with van der Waals surface area (Å²) in [5, 5.41) is 8.03. The Kier molecular flexibility index (Phi) is 3.41. The average molecular weight is 209 g/mol. The summed E-state index contributed by atoms with van der Waals surface area (Å²) < 4.78 is 0. The second-order valence-electron chi connectivity index (χ2n) is 3.15. The van der Waals surface area contributed by atoms with E-state index in [1.54, 1.807) is 12.1 Å². The van der Waals surface area contributed by atoms with Gasteiger partial charge in [0.05, 0.1) is 0 Å². The highest BCUT2D eigenvalue weighted by Crippen LogP contribution is 2.12. The molecule has 1 N–H and O–H groups in total. The molecule has 0 aromatic heterocycles. The van der Waals surface area contributed by atoms with E-state index in [0.29, 0.717) is 0 Å². The first kappa shape index (κ1) is 11.2. The molecule has 5 nitrogen and oxygen atoms in total. The zero-order chi connectivity index (χ0) is 11.4. The normalized spacial score (nSPS) is 9.53. The lowest BCUT2D eigenvalue weighted by molar-refractivity contribution is -0.227. The highest BCUT2D eigenvalue weighted by atomic mass is 17.1. The smallest absolute Gasteiger partial charge is 0.378 e. The molecule has 0 radical (unpaired) electrons. The van der Waals surface area contributed by atoms with Gasteiger partial charge in [-0.05, 0) is 24.3 Å². The second kappa shape index (κ2) is 4.56. The first-order chi connectivity index (χ1) is 7.06. The van der Waals surface area contributed by atoms with E-state index in [2.05, 4.69) is 4.89 Å². The molecule has 0 aliphatic rings. The third-order valence-electron chi connectivity index (χ3n) is 1.91. The number of nitrogens with zero attached hydrogens (tertiary/aromatic N) is 1. The number of carbonyl (C=O) groups is 2. The molecule has 0 saturated heterocycles. The molecule has 15 heavy (non-hydrogen) atoms. The molecule has 5 heteroatoms. The van der Waals surface area contributed by atoms with Crippen molar-refractivity contribution in [2.45, 2.75) is 0 Å². The van der Waals surface area contributed by atoms with E-state index in [4.69, 9.17) is 5.26 Å². The van der Waals surface area contributed by atoms with E-state index in [9.17, 15) is 9.59 Å². The molecule has 1 aromatic rings. The second-order valence-corrected chi connectivity index (χ2v) is 3.15. The van der Waals surface area contributed by atoms with Crippen LogP contribution in [0.4, 0.5) is 5.69 Å². The van der Waals surface area contributed by atoms with E-state index < -0.39 is 11.8 Å². The van der Waals surface area contributed by atoms with Crippen LogP contribution in [0.15, 0.2) is 24.3 Å². The Hall–Kier alpha value is -1.88. The van der Waals surface area contributed by atoms with Crippen LogP contribution >= 0.6 is 0 Å². The zero-order valence-electron chi connectivity index (χ0n) is 8.43. The van der Waals surface area contributed by atoms with Crippen molar-refractivity contribution in [1.29, 1.82) is 0 Å². The van der Waals surface area contributed by atoms with Crippen LogP contribution in [0, 0.1) is 0 Å². The highest BCUT2D eigenvalue weighted by Gasteiger charge is 2.17. The average Bonchev–Trinajstić information content (AvgIpc) is 2.27. The minimum atomic E-state index is -1.28. The van der Waals surface area contributed by atoms with Crippen LogP contribution in [-0.2, 0) is 9.68 Å². The van der Waals surface area contributed by atoms with Crippen molar-refractivity contribution in [3.8, 4) is 0 Å². The summed E-state index contributed by atoms with van der Waals surface area (Å²) in [5.41, 5.74) is 1.09. The van der Waals surface area contributed by atoms with Gasteiger partial charge in [-0.25, -0.2) is 4.79 Å². The Labute approximate surface area is 86.8 Å². The fourth-order valence-corrected chi connectivity index (χ4v) is 1.07. The molecule has 0 fully saturated rings. The van der Waals surface area contributed by atoms with Gasteiger partial charge in [-0.3, -0.25) is 9.68 Å². The lowest BCUT2D eigenvalue weighted by Crippen LogP contribution is -2.16. The monoisotopic (exact) mass is 209 g/mol. The van der Waals surface area contributed by atoms with Crippen molar-refractivity contribution in [2.75, 3.05) is 19.0 Å². The van der Waals surface area contributed by atoms with Crippen LogP contribution < -0.4 is 4.90 Å². The Balaban J connectivity index is 2.89. The standard InChI is InChI=1S/C10H11NO4/c1-11(2)8-5-3-7(4-6-8)9(12)10(13)15-14/h3-6,14H,1-2H3. The van der Waals surface area contributed by atoms with Crippen LogP contribution in [-0.4, -0.2) is 31.1 Å². The van der Waals surface area contributed by atoms with Gasteiger partial charge in [0.2, 0.25) is 0 Å². The molecule has 0 heterocycles. The van der Waals surface area contributed by atoms with Crippen LogP contribution in [0.2, 0.25) is 0 Å². The van der Waals surface area contributed by atoms with Gasteiger partial charge in [0, 0.05) is 25.3 Å². The Morgan fingerprint density at radius 3 is 2.13 bits per heavy atom. The maximum atomic E-state index is 11.2. The molecule has 0 bridgehead atoms. The maximum Gasteiger partial charge on any atom is 0.412 e. The predicted octanol–water partition coefficient (Wildman–Crippen LogP) is 0.952. The fraction of sp³-hybridized carbons (Fsp3) is 0.200.